The lowest BCUT2D eigenvalue weighted by Gasteiger charge is -2.33. The Morgan fingerprint density at radius 2 is 2.50 bits per heavy atom. The molecule has 0 aromatic carbocycles. The van der Waals surface area contributed by atoms with Crippen molar-refractivity contribution >= 4 is 5.82 Å². The Morgan fingerprint density at radius 1 is 1.62 bits per heavy atom. The normalized spacial score (nSPS) is 21.1. The van der Waals surface area contributed by atoms with Gasteiger partial charge in [-0.3, -0.25) is 0 Å². The third-order valence-electron chi connectivity index (χ3n) is 3.05. The minimum Gasteiger partial charge on any atom is -0.354 e. The van der Waals surface area contributed by atoms with E-state index in [4.69, 9.17) is 0 Å². The number of piperidine rings is 1. The van der Waals surface area contributed by atoms with E-state index in [1.165, 1.54) is 12.5 Å². The van der Waals surface area contributed by atoms with Crippen molar-refractivity contribution < 1.29 is 4.39 Å². The Labute approximate surface area is 95.7 Å². The molecular formula is C12H18FN3. The molecule has 1 N–H and O–H groups in total. The monoisotopic (exact) mass is 223 g/mol. The third kappa shape index (κ3) is 2.50. The first-order chi connectivity index (χ1) is 7.81. The fourth-order valence-corrected chi connectivity index (χ4v) is 2.32. The number of pyridine rings is 1. The van der Waals surface area contributed by atoms with Crippen molar-refractivity contribution in [2.24, 2.45) is 5.92 Å². The zero-order valence-electron chi connectivity index (χ0n) is 9.62. The van der Waals surface area contributed by atoms with Crippen LogP contribution in [0.2, 0.25) is 0 Å². The highest BCUT2D eigenvalue weighted by molar-refractivity contribution is 5.40. The minimum absolute atomic E-state index is 0.215. The first-order valence-electron chi connectivity index (χ1n) is 5.81. The smallest absolute Gasteiger partial charge is 0.165 e. The van der Waals surface area contributed by atoms with Crippen LogP contribution in [0.3, 0.4) is 0 Å². The highest BCUT2D eigenvalue weighted by Crippen LogP contribution is 2.22. The van der Waals surface area contributed by atoms with Crippen LogP contribution in [0, 0.1) is 11.7 Å². The fraction of sp³-hybridized carbons (Fsp3) is 0.583. The molecule has 1 aliphatic rings. The highest BCUT2D eigenvalue weighted by atomic mass is 19.1. The van der Waals surface area contributed by atoms with E-state index in [1.807, 2.05) is 7.05 Å². The zero-order valence-corrected chi connectivity index (χ0v) is 9.62. The van der Waals surface area contributed by atoms with Gasteiger partial charge in [0.05, 0.1) is 0 Å². The number of anilines is 1. The molecule has 0 radical (unpaired) electrons. The lowest BCUT2D eigenvalue weighted by molar-refractivity contribution is 0.398. The SMILES string of the molecule is CNCC1CCCN(c2ncccc2F)C1. The Hall–Kier alpha value is -1.16. The van der Waals surface area contributed by atoms with Crippen LogP contribution in [0.1, 0.15) is 12.8 Å². The van der Waals surface area contributed by atoms with Crippen LogP contribution >= 0.6 is 0 Å². The van der Waals surface area contributed by atoms with Crippen molar-refractivity contribution in [3.63, 3.8) is 0 Å². The summed E-state index contributed by atoms with van der Waals surface area (Å²) in [6.07, 6.45) is 3.98. The molecule has 2 rings (SSSR count). The van der Waals surface area contributed by atoms with E-state index in [-0.39, 0.29) is 5.82 Å². The van der Waals surface area contributed by atoms with Gasteiger partial charge in [0, 0.05) is 19.3 Å². The lowest BCUT2D eigenvalue weighted by Crippen LogP contribution is -2.39. The van der Waals surface area contributed by atoms with Crippen molar-refractivity contribution in [3.8, 4) is 0 Å². The number of nitrogens with zero attached hydrogens (tertiary/aromatic N) is 2. The average molecular weight is 223 g/mol. The van der Waals surface area contributed by atoms with E-state index in [0.717, 1.165) is 26.1 Å². The largest absolute Gasteiger partial charge is 0.354 e. The van der Waals surface area contributed by atoms with Crippen LogP contribution in [0.15, 0.2) is 18.3 Å². The van der Waals surface area contributed by atoms with Gasteiger partial charge in [-0.2, -0.15) is 0 Å². The van der Waals surface area contributed by atoms with Crippen molar-refractivity contribution in [2.45, 2.75) is 12.8 Å². The number of hydrogen-bond acceptors (Lipinski definition) is 3. The maximum atomic E-state index is 13.6. The fourth-order valence-electron chi connectivity index (χ4n) is 2.32. The van der Waals surface area contributed by atoms with Gasteiger partial charge in [0.2, 0.25) is 0 Å². The topological polar surface area (TPSA) is 28.2 Å². The molecule has 88 valence electrons. The molecule has 0 amide bonds. The molecule has 1 saturated heterocycles. The van der Waals surface area contributed by atoms with Crippen molar-refractivity contribution in [3.05, 3.63) is 24.1 Å². The van der Waals surface area contributed by atoms with Gasteiger partial charge < -0.3 is 10.2 Å². The van der Waals surface area contributed by atoms with Crippen LogP contribution in [-0.4, -0.2) is 31.7 Å². The predicted molar refractivity (Wildman–Crippen MR) is 63.1 cm³/mol. The number of hydrogen-bond donors (Lipinski definition) is 1. The summed E-state index contributed by atoms with van der Waals surface area (Å²) in [6.45, 7) is 2.80. The number of nitrogens with one attached hydrogen (secondary N) is 1. The third-order valence-corrected chi connectivity index (χ3v) is 3.05. The Kier molecular flexibility index (Phi) is 3.72. The van der Waals surface area contributed by atoms with E-state index in [2.05, 4.69) is 15.2 Å². The summed E-state index contributed by atoms with van der Waals surface area (Å²) in [4.78, 5) is 6.18. The van der Waals surface area contributed by atoms with Gasteiger partial charge in [-0.1, -0.05) is 0 Å². The number of rotatable bonds is 3. The van der Waals surface area contributed by atoms with Gasteiger partial charge in [-0.25, -0.2) is 9.37 Å². The quantitative estimate of drug-likeness (QED) is 0.844. The summed E-state index contributed by atoms with van der Waals surface area (Å²) in [7, 11) is 1.96. The molecule has 0 saturated carbocycles. The Balaban J connectivity index is 2.07. The van der Waals surface area contributed by atoms with Gasteiger partial charge in [0.25, 0.3) is 0 Å². The zero-order chi connectivity index (χ0) is 11.4. The molecule has 0 aliphatic carbocycles. The summed E-state index contributed by atoms with van der Waals surface area (Å²) in [5.74, 6) is 0.885. The summed E-state index contributed by atoms with van der Waals surface area (Å²) < 4.78 is 13.6. The molecule has 1 fully saturated rings. The van der Waals surface area contributed by atoms with Crippen LogP contribution in [-0.2, 0) is 0 Å². The molecule has 3 nitrogen and oxygen atoms in total. The summed E-state index contributed by atoms with van der Waals surface area (Å²) in [6, 6.07) is 3.11. The van der Waals surface area contributed by atoms with Crippen molar-refractivity contribution in [1.29, 1.82) is 0 Å². The second-order valence-corrected chi connectivity index (χ2v) is 4.32. The maximum Gasteiger partial charge on any atom is 0.165 e. The molecule has 1 aromatic rings. The summed E-state index contributed by atoms with van der Waals surface area (Å²) >= 11 is 0. The second kappa shape index (κ2) is 5.25. The molecule has 1 aromatic heterocycles. The Bertz CT molecular complexity index is 341. The van der Waals surface area contributed by atoms with Crippen LogP contribution in [0.4, 0.5) is 10.2 Å². The van der Waals surface area contributed by atoms with Gasteiger partial charge in [0.15, 0.2) is 11.6 Å². The van der Waals surface area contributed by atoms with Gasteiger partial charge >= 0.3 is 0 Å². The summed E-state index contributed by atoms with van der Waals surface area (Å²) in [5.41, 5.74) is 0. The van der Waals surface area contributed by atoms with E-state index in [9.17, 15) is 4.39 Å². The van der Waals surface area contributed by atoms with Crippen molar-refractivity contribution in [2.75, 3.05) is 31.6 Å². The second-order valence-electron chi connectivity index (χ2n) is 4.32. The lowest BCUT2D eigenvalue weighted by atomic mass is 9.98. The molecule has 0 bridgehead atoms. The van der Waals surface area contributed by atoms with Crippen molar-refractivity contribution in [1.82, 2.24) is 10.3 Å². The maximum absolute atomic E-state index is 13.6. The molecule has 4 heteroatoms. The molecule has 0 spiro atoms. The molecule has 1 aliphatic heterocycles. The standard InChI is InChI=1S/C12H18FN3/c1-14-8-10-4-3-7-16(9-10)12-11(13)5-2-6-15-12/h2,5-6,10,14H,3-4,7-9H2,1H3. The van der Waals surface area contributed by atoms with Crippen LogP contribution in [0.5, 0.6) is 0 Å². The molecule has 1 atom stereocenters. The van der Waals surface area contributed by atoms with Crippen LogP contribution in [0.25, 0.3) is 0 Å². The van der Waals surface area contributed by atoms with E-state index in [0.29, 0.717) is 11.7 Å². The van der Waals surface area contributed by atoms with E-state index < -0.39 is 0 Å². The molecule has 1 unspecified atom stereocenters. The van der Waals surface area contributed by atoms with Crippen LogP contribution < -0.4 is 10.2 Å². The highest BCUT2D eigenvalue weighted by Gasteiger charge is 2.22. The molecule has 16 heavy (non-hydrogen) atoms. The van der Waals surface area contributed by atoms with E-state index >= 15 is 0 Å². The van der Waals surface area contributed by atoms with Gasteiger partial charge in [-0.15, -0.1) is 0 Å². The average Bonchev–Trinajstić information content (AvgIpc) is 2.30. The molecular weight excluding hydrogens is 205 g/mol. The predicted octanol–water partition coefficient (Wildman–Crippen LogP) is 1.66. The molecule has 2 heterocycles. The Morgan fingerprint density at radius 3 is 3.25 bits per heavy atom. The number of halogens is 1. The van der Waals surface area contributed by atoms with E-state index in [1.54, 1.807) is 12.3 Å². The minimum atomic E-state index is -0.215. The van der Waals surface area contributed by atoms with Gasteiger partial charge in [-0.05, 0) is 44.5 Å². The number of aromatic nitrogens is 1. The van der Waals surface area contributed by atoms with Gasteiger partial charge in [0.1, 0.15) is 0 Å². The first-order valence-corrected chi connectivity index (χ1v) is 5.81. The first kappa shape index (κ1) is 11.3. The summed E-state index contributed by atoms with van der Waals surface area (Å²) in [5, 5.41) is 3.18.